The van der Waals surface area contributed by atoms with Crippen molar-refractivity contribution in [3.05, 3.63) is 54.1 Å². The predicted molar refractivity (Wildman–Crippen MR) is 103 cm³/mol. The number of hydrogen-bond acceptors (Lipinski definition) is 4. The highest BCUT2D eigenvalue weighted by molar-refractivity contribution is 7.90. The van der Waals surface area contributed by atoms with Gasteiger partial charge in [-0.3, -0.25) is 9.10 Å². The highest BCUT2D eigenvalue weighted by Crippen LogP contribution is 2.20. The molecule has 0 saturated heterocycles. The molecule has 0 fully saturated rings. The van der Waals surface area contributed by atoms with Gasteiger partial charge in [-0.2, -0.15) is 12.7 Å². The zero-order valence-corrected chi connectivity index (χ0v) is 16.1. The minimum atomic E-state index is -3.57. The molecule has 0 spiro atoms. The van der Waals surface area contributed by atoms with Crippen LogP contribution in [-0.4, -0.2) is 46.4 Å². The van der Waals surface area contributed by atoms with Gasteiger partial charge in [0.2, 0.25) is 0 Å². The zero-order valence-electron chi connectivity index (χ0n) is 15.3. The first-order chi connectivity index (χ1) is 12.3. The van der Waals surface area contributed by atoms with Gasteiger partial charge in [-0.15, -0.1) is 0 Å². The van der Waals surface area contributed by atoms with Gasteiger partial charge >= 0.3 is 10.2 Å². The SMILES string of the molecule is CCOc1ccc(NC(=O)c2ccc(N(C)S(=O)(=O)N(C)C)cc2)cc1. The number of nitrogens with zero attached hydrogens (tertiary/aromatic N) is 2. The monoisotopic (exact) mass is 377 g/mol. The van der Waals surface area contributed by atoms with Crippen LogP contribution in [0.3, 0.4) is 0 Å². The summed E-state index contributed by atoms with van der Waals surface area (Å²) in [6.45, 7) is 2.48. The minimum Gasteiger partial charge on any atom is -0.494 e. The van der Waals surface area contributed by atoms with Crippen molar-refractivity contribution in [3.63, 3.8) is 0 Å². The van der Waals surface area contributed by atoms with E-state index in [0.717, 1.165) is 14.4 Å². The third-order valence-corrected chi connectivity index (χ3v) is 5.55. The highest BCUT2D eigenvalue weighted by atomic mass is 32.2. The Morgan fingerprint density at radius 3 is 2.08 bits per heavy atom. The maximum Gasteiger partial charge on any atom is 0.303 e. The summed E-state index contributed by atoms with van der Waals surface area (Å²) in [7, 11) is 0.822. The molecule has 0 heterocycles. The maximum absolute atomic E-state index is 12.3. The Kier molecular flexibility index (Phi) is 6.23. The largest absolute Gasteiger partial charge is 0.494 e. The number of rotatable bonds is 7. The van der Waals surface area contributed by atoms with Crippen molar-refractivity contribution in [1.82, 2.24) is 4.31 Å². The lowest BCUT2D eigenvalue weighted by molar-refractivity contribution is 0.102. The van der Waals surface area contributed by atoms with Gasteiger partial charge in [0.15, 0.2) is 0 Å². The number of anilines is 2. The lowest BCUT2D eigenvalue weighted by Crippen LogP contribution is -2.37. The fourth-order valence-corrected chi connectivity index (χ4v) is 3.08. The number of carbonyl (C=O) groups excluding carboxylic acids is 1. The molecular formula is C18H23N3O4S. The Balaban J connectivity index is 2.09. The lowest BCUT2D eigenvalue weighted by atomic mass is 10.2. The normalized spacial score (nSPS) is 11.3. The Bertz CT molecular complexity index is 847. The van der Waals surface area contributed by atoms with Crippen LogP contribution in [0.1, 0.15) is 17.3 Å². The minimum absolute atomic E-state index is 0.279. The van der Waals surface area contributed by atoms with Crippen molar-refractivity contribution in [2.75, 3.05) is 37.4 Å². The Morgan fingerprint density at radius 2 is 1.58 bits per heavy atom. The Labute approximate surface area is 154 Å². The molecule has 0 unspecified atom stereocenters. The van der Waals surface area contributed by atoms with E-state index >= 15 is 0 Å². The first-order valence-electron chi connectivity index (χ1n) is 8.06. The summed E-state index contributed by atoms with van der Waals surface area (Å²) in [4.78, 5) is 12.3. The van der Waals surface area contributed by atoms with Crippen LogP contribution in [0.15, 0.2) is 48.5 Å². The molecule has 140 valence electrons. The van der Waals surface area contributed by atoms with E-state index in [1.807, 2.05) is 6.92 Å². The molecule has 2 aromatic carbocycles. The maximum atomic E-state index is 12.3. The molecule has 2 rings (SSSR count). The van der Waals surface area contributed by atoms with E-state index in [1.54, 1.807) is 48.5 Å². The van der Waals surface area contributed by atoms with E-state index in [-0.39, 0.29) is 5.91 Å². The highest BCUT2D eigenvalue weighted by Gasteiger charge is 2.21. The summed E-state index contributed by atoms with van der Waals surface area (Å²) < 4.78 is 31.9. The second kappa shape index (κ2) is 8.20. The van der Waals surface area contributed by atoms with Crippen LogP contribution in [0, 0.1) is 0 Å². The zero-order chi connectivity index (χ0) is 19.3. The molecule has 1 N–H and O–H groups in total. The molecule has 2 aromatic rings. The van der Waals surface area contributed by atoms with E-state index in [9.17, 15) is 13.2 Å². The molecule has 26 heavy (non-hydrogen) atoms. The second-order valence-corrected chi connectivity index (χ2v) is 7.89. The van der Waals surface area contributed by atoms with Gasteiger partial charge in [-0.25, -0.2) is 0 Å². The number of carbonyl (C=O) groups is 1. The molecule has 0 bridgehead atoms. The molecule has 0 aliphatic carbocycles. The molecule has 0 atom stereocenters. The molecular weight excluding hydrogens is 354 g/mol. The van der Waals surface area contributed by atoms with Crippen LogP contribution >= 0.6 is 0 Å². The Morgan fingerprint density at radius 1 is 1.00 bits per heavy atom. The van der Waals surface area contributed by atoms with Crippen molar-refractivity contribution in [3.8, 4) is 5.75 Å². The summed E-state index contributed by atoms with van der Waals surface area (Å²) in [5.41, 5.74) is 1.55. The van der Waals surface area contributed by atoms with E-state index in [0.29, 0.717) is 23.5 Å². The number of hydrogen-bond donors (Lipinski definition) is 1. The van der Waals surface area contributed by atoms with E-state index in [1.165, 1.54) is 21.1 Å². The van der Waals surface area contributed by atoms with Crippen molar-refractivity contribution in [1.29, 1.82) is 0 Å². The molecule has 0 aliphatic rings. The molecule has 1 amide bonds. The fourth-order valence-electron chi connectivity index (χ4n) is 2.21. The van der Waals surface area contributed by atoms with Crippen LogP contribution < -0.4 is 14.4 Å². The van der Waals surface area contributed by atoms with Crippen LogP contribution in [0.25, 0.3) is 0 Å². The Hall–Kier alpha value is -2.58. The van der Waals surface area contributed by atoms with Crippen LogP contribution in [0.4, 0.5) is 11.4 Å². The van der Waals surface area contributed by atoms with Crippen LogP contribution in [-0.2, 0) is 10.2 Å². The summed E-state index contributed by atoms with van der Waals surface area (Å²) in [6, 6.07) is 13.4. The molecule has 0 radical (unpaired) electrons. The quantitative estimate of drug-likeness (QED) is 0.804. The van der Waals surface area contributed by atoms with Crippen molar-refractivity contribution in [2.45, 2.75) is 6.92 Å². The summed E-state index contributed by atoms with van der Waals surface area (Å²) >= 11 is 0. The van der Waals surface area contributed by atoms with E-state index in [4.69, 9.17) is 4.74 Å². The average molecular weight is 377 g/mol. The van der Waals surface area contributed by atoms with Gasteiger partial charge in [-0.1, -0.05) is 0 Å². The average Bonchev–Trinajstić information content (AvgIpc) is 2.63. The van der Waals surface area contributed by atoms with Crippen molar-refractivity contribution < 1.29 is 17.9 Å². The van der Waals surface area contributed by atoms with Gasteiger partial charge in [0.05, 0.1) is 12.3 Å². The summed E-state index contributed by atoms with van der Waals surface area (Å²) in [6.07, 6.45) is 0. The molecule has 0 aromatic heterocycles. The van der Waals surface area contributed by atoms with Crippen molar-refractivity contribution >= 4 is 27.5 Å². The smallest absolute Gasteiger partial charge is 0.303 e. The third-order valence-electron chi connectivity index (χ3n) is 3.72. The molecule has 8 heteroatoms. The van der Waals surface area contributed by atoms with Gasteiger partial charge < -0.3 is 10.1 Å². The number of nitrogens with one attached hydrogen (secondary N) is 1. The van der Waals surface area contributed by atoms with Gasteiger partial charge in [0.25, 0.3) is 5.91 Å². The molecule has 0 saturated carbocycles. The van der Waals surface area contributed by atoms with Gasteiger partial charge in [0, 0.05) is 32.4 Å². The number of benzene rings is 2. The van der Waals surface area contributed by atoms with Crippen LogP contribution in [0.2, 0.25) is 0 Å². The third kappa shape index (κ3) is 4.53. The summed E-state index contributed by atoms with van der Waals surface area (Å²) in [5.74, 6) is 0.457. The van der Waals surface area contributed by atoms with Crippen molar-refractivity contribution in [2.24, 2.45) is 0 Å². The number of amides is 1. The topological polar surface area (TPSA) is 79.0 Å². The van der Waals surface area contributed by atoms with E-state index in [2.05, 4.69) is 5.32 Å². The standard InChI is InChI=1S/C18H23N3O4S/c1-5-25-17-12-8-15(9-13-17)19-18(22)14-6-10-16(11-7-14)21(4)26(23,24)20(2)3/h6-13H,5H2,1-4H3,(H,19,22). The predicted octanol–water partition coefficient (Wildman–Crippen LogP) is 2.58. The van der Waals surface area contributed by atoms with Gasteiger partial charge in [-0.05, 0) is 55.5 Å². The number of ether oxygens (including phenoxy) is 1. The van der Waals surface area contributed by atoms with Crippen LogP contribution in [0.5, 0.6) is 5.75 Å². The first-order valence-corrected chi connectivity index (χ1v) is 9.46. The molecule has 7 nitrogen and oxygen atoms in total. The molecule has 0 aliphatic heterocycles. The second-order valence-electron chi connectivity index (χ2n) is 5.72. The fraction of sp³-hybridized carbons (Fsp3) is 0.278. The van der Waals surface area contributed by atoms with E-state index < -0.39 is 10.2 Å². The summed E-state index contributed by atoms with van der Waals surface area (Å²) in [5, 5.41) is 2.79. The lowest BCUT2D eigenvalue weighted by Gasteiger charge is -2.23. The first kappa shape index (κ1) is 19.7. The van der Waals surface area contributed by atoms with Gasteiger partial charge in [0.1, 0.15) is 5.75 Å².